The van der Waals surface area contributed by atoms with E-state index in [0.29, 0.717) is 24.9 Å². The van der Waals surface area contributed by atoms with Gasteiger partial charge in [-0.3, -0.25) is 4.79 Å². The van der Waals surface area contributed by atoms with Crippen LogP contribution in [0.5, 0.6) is 5.75 Å². The minimum absolute atomic E-state index is 0.0370. The molecule has 0 radical (unpaired) electrons. The highest BCUT2D eigenvalue weighted by Gasteiger charge is 2.34. The van der Waals surface area contributed by atoms with Crippen molar-refractivity contribution in [2.45, 2.75) is 31.8 Å². The quantitative estimate of drug-likeness (QED) is 0.588. The Kier molecular flexibility index (Phi) is 5.26. The molecule has 134 valence electrons. The van der Waals surface area contributed by atoms with Crippen LogP contribution in [0.3, 0.4) is 0 Å². The van der Waals surface area contributed by atoms with E-state index in [1.807, 2.05) is 29.2 Å². The molecular weight excluding hydrogens is 366 g/mol. The van der Waals surface area contributed by atoms with Gasteiger partial charge in [0.1, 0.15) is 5.75 Å². The summed E-state index contributed by atoms with van der Waals surface area (Å²) in [5, 5.41) is 4.23. The molecule has 1 aliphatic rings. The van der Waals surface area contributed by atoms with Crippen molar-refractivity contribution in [3.8, 4) is 5.75 Å². The maximum atomic E-state index is 12.7. The first-order valence-electron chi connectivity index (χ1n) is 8.61. The first-order valence-corrected chi connectivity index (χ1v) is 10.3. The highest BCUT2D eigenvalue weighted by atomic mass is 32.1. The van der Waals surface area contributed by atoms with Crippen LogP contribution in [0, 0.1) is 0 Å². The number of rotatable bonds is 8. The van der Waals surface area contributed by atoms with Gasteiger partial charge in [0, 0.05) is 19.0 Å². The van der Waals surface area contributed by atoms with Gasteiger partial charge in [-0.2, -0.15) is 20.1 Å². The standard InChI is InChI=1S/C19H19N3O2S2/c23-19(18-11-20-26-21-18)22(16-4-5-16)12-15-2-1-3-17(10-15)24-8-6-14-7-9-25-13-14/h1-3,7,9-11,13,16H,4-6,8,12H2. The summed E-state index contributed by atoms with van der Waals surface area (Å²) in [4.78, 5) is 14.6. The lowest BCUT2D eigenvalue weighted by atomic mass is 10.2. The Balaban J connectivity index is 1.39. The minimum atomic E-state index is -0.0370. The van der Waals surface area contributed by atoms with E-state index in [1.54, 1.807) is 17.5 Å². The Morgan fingerprint density at radius 3 is 2.92 bits per heavy atom. The number of nitrogens with zero attached hydrogens (tertiary/aromatic N) is 3. The maximum absolute atomic E-state index is 12.7. The third-order valence-electron chi connectivity index (χ3n) is 4.32. The number of hydrogen-bond acceptors (Lipinski definition) is 6. The molecule has 0 saturated heterocycles. The normalized spacial score (nSPS) is 13.5. The summed E-state index contributed by atoms with van der Waals surface area (Å²) < 4.78 is 13.9. The van der Waals surface area contributed by atoms with E-state index in [4.69, 9.17) is 4.74 Å². The number of aromatic nitrogens is 2. The molecule has 1 amide bonds. The molecule has 7 heteroatoms. The van der Waals surface area contributed by atoms with Gasteiger partial charge in [-0.25, -0.2) is 0 Å². The zero-order valence-corrected chi connectivity index (χ0v) is 15.8. The topological polar surface area (TPSA) is 55.3 Å². The molecule has 2 aromatic heterocycles. The predicted octanol–water partition coefficient (Wildman–Crippen LogP) is 4.03. The van der Waals surface area contributed by atoms with Gasteiger partial charge in [0.2, 0.25) is 0 Å². The van der Waals surface area contributed by atoms with E-state index in [-0.39, 0.29) is 5.91 Å². The minimum Gasteiger partial charge on any atom is -0.493 e. The molecule has 3 aromatic rings. The molecule has 1 fully saturated rings. The molecular formula is C19H19N3O2S2. The summed E-state index contributed by atoms with van der Waals surface area (Å²) in [6.45, 7) is 1.22. The van der Waals surface area contributed by atoms with Crippen molar-refractivity contribution >= 4 is 29.0 Å². The summed E-state index contributed by atoms with van der Waals surface area (Å²) in [7, 11) is 0. The largest absolute Gasteiger partial charge is 0.493 e. The molecule has 0 spiro atoms. The third-order valence-corrected chi connectivity index (χ3v) is 5.53. The summed E-state index contributed by atoms with van der Waals surface area (Å²) in [5.41, 5.74) is 2.81. The third kappa shape index (κ3) is 4.28. The van der Waals surface area contributed by atoms with Gasteiger partial charge >= 0.3 is 0 Å². The van der Waals surface area contributed by atoms with Crippen molar-refractivity contribution in [1.29, 1.82) is 0 Å². The number of thiophene rings is 1. The molecule has 0 aliphatic heterocycles. The van der Waals surface area contributed by atoms with Crippen LogP contribution in [-0.2, 0) is 13.0 Å². The maximum Gasteiger partial charge on any atom is 0.275 e. The van der Waals surface area contributed by atoms with E-state index in [2.05, 4.69) is 25.6 Å². The van der Waals surface area contributed by atoms with Crippen molar-refractivity contribution in [3.63, 3.8) is 0 Å². The molecule has 1 saturated carbocycles. The number of amides is 1. The van der Waals surface area contributed by atoms with Gasteiger partial charge < -0.3 is 9.64 Å². The molecule has 5 nitrogen and oxygen atoms in total. The molecule has 0 atom stereocenters. The average molecular weight is 386 g/mol. The number of carbonyl (C=O) groups excluding carboxylic acids is 1. The van der Waals surface area contributed by atoms with Crippen LogP contribution in [0.25, 0.3) is 0 Å². The first kappa shape index (κ1) is 17.2. The second kappa shape index (κ2) is 7.97. The zero-order valence-electron chi connectivity index (χ0n) is 14.2. The van der Waals surface area contributed by atoms with Gasteiger partial charge in [0.25, 0.3) is 5.91 Å². The number of carbonyl (C=O) groups is 1. The van der Waals surface area contributed by atoms with Crippen molar-refractivity contribution in [2.24, 2.45) is 0 Å². The molecule has 4 rings (SSSR count). The molecule has 1 aromatic carbocycles. The van der Waals surface area contributed by atoms with Crippen LogP contribution in [0.1, 0.15) is 34.5 Å². The van der Waals surface area contributed by atoms with Crippen molar-refractivity contribution in [3.05, 3.63) is 64.1 Å². The smallest absolute Gasteiger partial charge is 0.275 e. The molecule has 1 aliphatic carbocycles. The SMILES string of the molecule is O=C(c1cnsn1)N(Cc1cccc(OCCc2ccsc2)c1)C1CC1. The lowest BCUT2D eigenvalue weighted by Crippen LogP contribution is -2.32. The Labute approximate surface area is 160 Å². The lowest BCUT2D eigenvalue weighted by molar-refractivity contribution is 0.0725. The van der Waals surface area contributed by atoms with E-state index in [9.17, 15) is 4.79 Å². The van der Waals surface area contributed by atoms with Crippen LogP contribution >= 0.6 is 23.1 Å². The summed E-state index contributed by atoms with van der Waals surface area (Å²) in [6.07, 6.45) is 4.56. The molecule has 0 unspecified atom stereocenters. The van der Waals surface area contributed by atoms with E-state index >= 15 is 0 Å². The fraction of sp³-hybridized carbons (Fsp3) is 0.316. The van der Waals surface area contributed by atoms with Gasteiger partial charge in [0.15, 0.2) is 5.69 Å². The molecule has 0 N–H and O–H groups in total. The Morgan fingerprint density at radius 1 is 1.27 bits per heavy atom. The van der Waals surface area contributed by atoms with Gasteiger partial charge in [-0.1, -0.05) is 12.1 Å². The number of ether oxygens (including phenoxy) is 1. The van der Waals surface area contributed by atoms with Gasteiger partial charge in [-0.15, -0.1) is 0 Å². The molecule has 26 heavy (non-hydrogen) atoms. The van der Waals surface area contributed by atoms with E-state index in [1.165, 1.54) is 5.56 Å². The average Bonchev–Trinajstić information content (AvgIpc) is 3.12. The number of benzene rings is 1. The Hall–Kier alpha value is -2.25. The monoisotopic (exact) mass is 385 g/mol. The van der Waals surface area contributed by atoms with Crippen molar-refractivity contribution in [1.82, 2.24) is 13.6 Å². The second-order valence-corrected chi connectivity index (χ2v) is 7.67. The van der Waals surface area contributed by atoms with Crippen LogP contribution in [0.4, 0.5) is 0 Å². The highest BCUT2D eigenvalue weighted by Crippen LogP contribution is 2.30. The van der Waals surface area contributed by atoms with Gasteiger partial charge in [0.05, 0.1) is 24.5 Å². The fourth-order valence-corrected chi connectivity index (χ4v) is 3.92. The molecule has 0 bridgehead atoms. The van der Waals surface area contributed by atoms with Crippen LogP contribution in [-0.4, -0.2) is 32.2 Å². The Bertz CT molecular complexity index is 846. The zero-order chi connectivity index (χ0) is 17.8. The summed E-state index contributed by atoms with van der Waals surface area (Å²) in [6, 6.07) is 10.4. The van der Waals surface area contributed by atoms with Crippen LogP contribution in [0.15, 0.2) is 47.3 Å². The first-order chi connectivity index (χ1) is 12.8. The van der Waals surface area contributed by atoms with Crippen LogP contribution in [0.2, 0.25) is 0 Å². The van der Waals surface area contributed by atoms with E-state index in [0.717, 1.165) is 42.3 Å². The highest BCUT2D eigenvalue weighted by molar-refractivity contribution is 7.07. The van der Waals surface area contributed by atoms with Crippen LogP contribution < -0.4 is 4.74 Å². The summed E-state index contributed by atoms with van der Waals surface area (Å²) in [5.74, 6) is 0.807. The second-order valence-electron chi connectivity index (χ2n) is 6.33. The van der Waals surface area contributed by atoms with E-state index < -0.39 is 0 Å². The molecule has 2 heterocycles. The predicted molar refractivity (Wildman–Crippen MR) is 103 cm³/mol. The van der Waals surface area contributed by atoms with Crippen molar-refractivity contribution < 1.29 is 9.53 Å². The Morgan fingerprint density at radius 2 is 2.19 bits per heavy atom. The van der Waals surface area contributed by atoms with Crippen molar-refractivity contribution in [2.75, 3.05) is 6.61 Å². The van der Waals surface area contributed by atoms with Gasteiger partial charge in [-0.05, 0) is 52.9 Å². The number of hydrogen-bond donors (Lipinski definition) is 0. The fourth-order valence-electron chi connectivity index (χ4n) is 2.81. The summed E-state index contributed by atoms with van der Waals surface area (Å²) >= 11 is 2.77. The lowest BCUT2D eigenvalue weighted by Gasteiger charge is -2.21.